The van der Waals surface area contributed by atoms with Gasteiger partial charge in [-0.3, -0.25) is 0 Å². The molecule has 238 valence electrons. The summed E-state index contributed by atoms with van der Waals surface area (Å²) in [6.07, 6.45) is 0. The van der Waals surface area contributed by atoms with Crippen molar-refractivity contribution in [2.24, 2.45) is 0 Å². The second kappa shape index (κ2) is 10.7. The summed E-state index contributed by atoms with van der Waals surface area (Å²) >= 11 is 0. The summed E-state index contributed by atoms with van der Waals surface area (Å²) in [6.45, 7) is 0. The van der Waals surface area contributed by atoms with Crippen molar-refractivity contribution in [1.82, 2.24) is 19.5 Å². The van der Waals surface area contributed by atoms with Crippen LogP contribution in [-0.4, -0.2) is 19.5 Å². The summed E-state index contributed by atoms with van der Waals surface area (Å²) in [5, 5.41) is 6.02. The van der Waals surface area contributed by atoms with Gasteiger partial charge in [0.25, 0.3) is 0 Å². The van der Waals surface area contributed by atoms with Crippen molar-refractivity contribution in [3.05, 3.63) is 158 Å². The van der Waals surface area contributed by atoms with Gasteiger partial charge in [0.05, 0.1) is 17.9 Å². The van der Waals surface area contributed by atoms with Gasteiger partial charge in [0.2, 0.25) is 0 Å². The van der Waals surface area contributed by atoms with Gasteiger partial charge in [-0.05, 0) is 60.7 Å². The van der Waals surface area contributed by atoms with Crippen molar-refractivity contribution in [3.63, 3.8) is 0 Å². The SMILES string of the molecule is [2H]c1c([2H])c([2H])c(-c2nc(-c3ccc4c(c3)oc3ccccc34)nc(-c3ccc4oc5cc(-n6c7ccccc7c7ccccc76)ccc5c4c3)n2)c([2H])c1[2H]. The molecule has 0 aliphatic heterocycles. The van der Waals surface area contributed by atoms with Crippen molar-refractivity contribution < 1.29 is 15.7 Å². The molecule has 4 aromatic heterocycles. The molecule has 0 atom stereocenters. The first-order valence-electron chi connectivity index (χ1n) is 19.0. The van der Waals surface area contributed by atoms with Crippen LogP contribution in [0.3, 0.4) is 0 Å². The van der Waals surface area contributed by atoms with Crippen LogP contribution in [0.15, 0.2) is 166 Å². The van der Waals surface area contributed by atoms with Gasteiger partial charge in [-0.25, -0.2) is 15.0 Å². The Morgan fingerprint density at radius 3 is 1.69 bits per heavy atom. The minimum absolute atomic E-state index is 0.0420. The molecule has 0 radical (unpaired) electrons. The zero-order chi connectivity index (χ0) is 37.8. The second-order valence-corrected chi connectivity index (χ2v) is 12.5. The van der Waals surface area contributed by atoms with Crippen LogP contribution in [0.5, 0.6) is 0 Å². The monoisotopic (exact) mass is 659 g/mol. The molecule has 0 spiro atoms. The third kappa shape index (κ3) is 4.33. The Kier molecular flexibility index (Phi) is 4.91. The van der Waals surface area contributed by atoms with Gasteiger partial charge in [0, 0.05) is 60.8 Å². The van der Waals surface area contributed by atoms with Crippen molar-refractivity contribution in [2.45, 2.75) is 0 Å². The predicted molar refractivity (Wildman–Crippen MR) is 205 cm³/mol. The van der Waals surface area contributed by atoms with E-state index in [9.17, 15) is 0 Å². The summed E-state index contributed by atoms with van der Waals surface area (Å²) in [6, 6.07) is 39.9. The molecule has 0 fully saturated rings. The molecule has 0 unspecified atom stereocenters. The molecule has 11 rings (SSSR count). The molecule has 11 aromatic rings. The van der Waals surface area contributed by atoms with Crippen LogP contribution in [0.1, 0.15) is 6.85 Å². The summed E-state index contributed by atoms with van der Waals surface area (Å²) in [4.78, 5) is 14.4. The molecule has 6 heteroatoms. The van der Waals surface area contributed by atoms with E-state index < -0.39 is 30.2 Å². The third-order valence-electron chi connectivity index (χ3n) is 9.55. The minimum Gasteiger partial charge on any atom is -0.456 e. The molecule has 0 saturated carbocycles. The van der Waals surface area contributed by atoms with Gasteiger partial charge in [0.1, 0.15) is 22.3 Å². The van der Waals surface area contributed by atoms with E-state index in [1.807, 2.05) is 72.8 Å². The van der Waals surface area contributed by atoms with Crippen LogP contribution < -0.4 is 0 Å². The van der Waals surface area contributed by atoms with Gasteiger partial charge in [-0.1, -0.05) is 90.9 Å². The van der Waals surface area contributed by atoms with E-state index in [1.165, 1.54) is 10.8 Å². The lowest BCUT2D eigenvalue weighted by atomic mass is 10.1. The number of rotatable bonds is 4. The van der Waals surface area contributed by atoms with Gasteiger partial charge in [0.15, 0.2) is 17.5 Å². The topological polar surface area (TPSA) is 69.9 Å². The highest BCUT2D eigenvalue weighted by Gasteiger charge is 2.18. The molecule has 0 aliphatic rings. The fraction of sp³-hybridized carbons (Fsp3) is 0. The number of fused-ring (bicyclic) bond motifs is 9. The van der Waals surface area contributed by atoms with Crippen molar-refractivity contribution >= 4 is 65.7 Å². The average Bonchev–Trinajstić information content (AvgIpc) is 3.90. The second-order valence-electron chi connectivity index (χ2n) is 12.5. The van der Waals surface area contributed by atoms with Crippen molar-refractivity contribution in [3.8, 4) is 39.9 Å². The molecule has 4 heterocycles. The number of aromatic nitrogens is 4. The Morgan fingerprint density at radius 2 is 0.941 bits per heavy atom. The molecule has 51 heavy (non-hydrogen) atoms. The molecule has 0 bridgehead atoms. The number of hydrogen-bond acceptors (Lipinski definition) is 5. The highest BCUT2D eigenvalue weighted by Crippen LogP contribution is 2.37. The number of para-hydroxylation sites is 3. The van der Waals surface area contributed by atoms with Crippen LogP contribution in [0.25, 0.3) is 106 Å². The van der Waals surface area contributed by atoms with Crippen LogP contribution >= 0.6 is 0 Å². The number of benzene rings is 7. The van der Waals surface area contributed by atoms with E-state index in [0.29, 0.717) is 27.9 Å². The highest BCUT2D eigenvalue weighted by molar-refractivity contribution is 6.11. The van der Waals surface area contributed by atoms with E-state index in [4.69, 9.17) is 30.6 Å². The Morgan fingerprint density at radius 1 is 0.412 bits per heavy atom. The summed E-state index contributed by atoms with van der Waals surface area (Å²) in [7, 11) is 0. The van der Waals surface area contributed by atoms with Crippen LogP contribution in [0.4, 0.5) is 0 Å². The molecule has 6 nitrogen and oxygen atoms in total. The first kappa shape index (κ1) is 23.3. The third-order valence-corrected chi connectivity index (χ3v) is 9.55. The first-order chi connectivity index (χ1) is 27.3. The first-order valence-corrected chi connectivity index (χ1v) is 16.5. The maximum Gasteiger partial charge on any atom is 0.164 e. The van der Waals surface area contributed by atoms with E-state index in [1.54, 1.807) is 0 Å². The fourth-order valence-corrected chi connectivity index (χ4v) is 7.22. The lowest BCUT2D eigenvalue weighted by molar-refractivity contribution is 0.668. The van der Waals surface area contributed by atoms with Gasteiger partial charge in [-0.15, -0.1) is 0 Å². The average molecular weight is 660 g/mol. The standard InChI is InChI=1S/C45H26N4O2/c1-2-10-27(11-3-1)43-46-44(48-45(47-43)29-18-21-34-33-14-6-9-17-39(33)50-41(34)25-29)28-19-23-40-36(24-28)35-22-20-30(26-42(35)51-40)49-37-15-7-4-12-31(37)32-13-5-8-16-38(32)49/h1-26H/i1D,2D,3D,10D,11D. The normalized spacial score (nSPS) is 13.3. The number of hydrogen-bond donors (Lipinski definition) is 0. The highest BCUT2D eigenvalue weighted by atomic mass is 16.3. The molecule has 0 N–H and O–H groups in total. The Labute approximate surface area is 297 Å². The summed E-state index contributed by atoms with van der Waals surface area (Å²) < 4.78 is 57.2. The fourth-order valence-electron chi connectivity index (χ4n) is 7.22. The van der Waals surface area contributed by atoms with E-state index in [0.717, 1.165) is 43.8 Å². The van der Waals surface area contributed by atoms with Crippen molar-refractivity contribution in [2.75, 3.05) is 0 Å². The van der Waals surface area contributed by atoms with Crippen LogP contribution in [0.2, 0.25) is 0 Å². The summed E-state index contributed by atoms with van der Waals surface area (Å²) in [5.74, 6) is 0.478. The van der Waals surface area contributed by atoms with Gasteiger partial charge in [-0.2, -0.15) is 0 Å². The minimum atomic E-state index is -0.493. The zero-order valence-corrected chi connectivity index (χ0v) is 26.7. The van der Waals surface area contributed by atoms with Crippen LogP contribution in [-0.2, 0) is 0 Å². The number of nitrogens with zero attached hydrogens (tertiary/aromatic N) is 4. The Balaban J connectivity index is 1.09. The molecule has 0 aliphatic carbocycles. The van der Waals surface area contributed by atoms with E-state index in [-0.39, 0.29) is 23.0 Å². The quantitative estimate of drug-likeness (QED) is 0.188. The van der Waals surface area contributed by atoms with E-state index in [2.05, 4.69) is 59.2 Å². The molecule has 0 saturated heterocycles. The molecule has 0 amide bonds. The van der Waals surface area contributed by atoms with Crippen LogP contribution in [0, 0.1) is 0 Å². The maximum atomic E-state index is 8.73. The Bertz CT molecular complexity index is 3380. The lowest BCUT2D eigenvalue weighted by Gasteiger charge is -2.09. The maximum absolute atomic E-state index is 8.73. The lowest BCUT2D eigenvalue weighted by Crippen LogP contribution is -2.00. The molecular formula is C45H26N4O2. The number of furan rings is 2. The zero-order valence-electron chi connectivity index (χ0n) is 31.7. The summed E-state index contributed by atoms with van der Waals surface area (Å²) in [5.41, 5.74) is 7.10. The smallest absolute Gasteiger partial charge is 0.164 e. The Hall–Kier alpha value is -7.05. The van der Waals surface area contributed by atoms with Crippen molar-refractivity contribution in [1.29, 1.82) is 0 Å². The van der Waals surface area contributed by atoms with Gasteiger partial charge < -0.3 is 13.4 Å². The largest absolute Gasteiger partial charge is 0.456 e. The molecular weight excluding hydrogens is 629 g/mol. The van der Waals surface area contributed by atoms with Gasteiger partial charge >= 0.3 is 0 Å². The van der Waals surface area contributed by atoms with E-state index >= 15 is 0 Å². The predicted octanol–water partition coefficient (Wildman–Crippen LogP) is 11.8. The molecule has 7 aromatic carbocycles.